The molecule has 3 rings (SSSR count). The van der Waals surface area contributed by atoms with Crippen molar-refractivity contribution in [2.24, 2.45) is 0 Å². The number of aromatic nitrogens is 3. The van der Waals surface area contributed by atoms with Crippen molar-refractivity contribution in [2.75, 3.05) is 6.54 Å². The van der Waals surface area contributed by atoms with Crippen LogP contribution in [0.15, 0.2) is 24.5 Å². The van der Waals surface area contributed by atoms with Crippen molar-refractivity contribution in [3.05, 3.63) is 51.1 Å². The van der Waals surface area contributed by atoms with E-state index in [2.05, 4.69) is 10.2 Å². The van der Waals surface area contributed by atoms with E-state index < -0.39 is 10.8 Å². The lowest BCUT2D eigenvalue weighted by molar-refractivity contribution is -0.385. The SMILES string of the molecule is O=C(c1cccc(Cl)c1[N+](=O)[O-])N1CCn2cnnc2C1. The topological polar surface area (TPSA) is 94.2 Å². The van der Waals surface area contributed by atoms with E-state index in [1.54, 1.807) is 6.33 Å². The minimum Gasteiger partial charge on any atom is -0.329 e. The van der Waals surface area contributed by atoms with Gasteiger partial charge >= 0.3 is 5.69 Å². The number of carbonyl (C=O) groups excluding carboxylic acids is 1. The second-order valence-corrected chi connectivity index (χ2v) is 4.97. The molecular weight excluding hydrogens is 298 g/mol. The van der Waals surface area contributed by atoms with Crippen LogP contribution in [0.1, 0.15) is 16.2 Å². The zero-order valence-corrected chi connectivity index (χ0v) is 11.5. The molecule has 8 nitrogen and oxygen atoms in total. The van der Waals surface area contributed by atoms with Crippen LogP contribution in [-0.4, -0.2) is 37.0 Å². The maximum atomic E-state index is 12.5. The van der Waals surface area contributed by atoms with E-state index in [-0.39, 0.29) is 22.8 Å². The molecule has 2 aromatic rings. The molecule has 0 unspecified atom stereocenters. The fraction of sp³-hybridized carbons (Fsp3) is 0.250. The highest BCUT2D eigenvalue weighted by molar-refractivity contribution is 6.33. The van der Waals surface area contributed by atoms with Crippen molar-refractivity contribution in [3.8, 4) is 0 Å². The molecule has 2 heterocycles. The van der Waals surface area contributed by atoms with Gasteiger partial charge in [-0.1, -0.05) is 17.7 Å². The third kappa shape index (κ3) is 2.33. The standard InChI is InChI=1S/C12H10ClN5O3/c13-9-3-1-2-8(11(9)18(20)21)12(19)16-4-5-17-7-14-15-10(17)6-16/h1-3,7H,4-6H2. The molecule has 9 heteroatoms. The summed E-state index contributed by atoms with van der Waals surface area (Å²) in [4.78, 5) is 24.5. The lowest BCUT2D eigenvalue weighted by Crippen LogP contribution is -2.38. The van der Waals surface area contributed by atoms with Gasteiger partial charge in [0, 0.05) is 13.1 Å². The average molecular weight is 308 g/mol. The molecule has 0 bridgehead atoms. The molecule has 0 N–H and O–H groups in total. The van der Waals surface area contributed by atoms with Crippen LogP contribution in [0, 0.1) is 10.1 Å². The number of nitrogens with zero attached hydrogens (tertiary/aromatic N) is 5. The van der Waals surface area contributed by atoms with Gasteiger partial charge in [0.15, 0.2) is 5.82 Å². The van der Waals surface area contributed by atoms with Gasteiger partial charge in [-0.05, 0) is 12.1 Å². The highest BCUT2D eigenvalue weighted by atomic mass is 35.5. The number of halogens is 1. The first-order chi connectivity index (χ1) is 10.1. The van der Waals surface area contributed by atoms with E-state index in [1.807, 2.05) is 4.57 Å². The Morgan fingerprint density at radius 3 is 2.95 bits per heavy atom. The number of carbonyl (C=O) groups is 1. The molecule has 0 fully saturated rings. The predicted molar refractivity (Wildman–Crippen MR) is 72.9 cm³/mol. The van der Waals surface area contributed by atoms with Crippen LogP contribution in [0.4, 0.5) is 5.69 Å². The minimum atomic E-state index is -0.637. The van der Waals surface area contributed by atoms with E-state index in [0.717, 1.165) is 0 Å². The second kappa shape index (κ2) is 5.13. The van der Waals surface area contributed by atoms with Gasteiger partial charge in [-0.25, -0.2) is 0 Å². The summed E-state index contributed by atoms with van der Waals surface area (Å²) in [6.45, 7) is 1.26. The lowest BCUT2D eigenvalue weighted by atomic mass is 10.1. The van der Waals surface area contributed by atoms with Crippen molar-refractivity contribution in [1.29, 1.82) is 0 Å². The summed E-state index contributed by atoms with van der Waals surface area (Å²) in [5.41, 5.74) is -0.378. The van der Waals surface area contributed by atoms with Crippen LogP contribution in [0.3, 0.4) is 0 Å². The summed E-state index contributed by atoms with van der Waals surface area (Å²) in [5.74, 6) is 0.220. The summed E-state index contributed by atoms with van der Waals surface area (Å²) in [6.07, 6.45) is 1.60. The summed E-state index contributed by atoms with van der Waals surface area (Å²) in [7, 11) is 0. The zero-order chi connectivity index (χ0) is 15.0. The maximum Gasteiger partial charge on any atom is 0.300 e. The molecule has 1 aromatic heterocycles. The average Bonchev–Trinajstić information content (AvgIpc) is 2.93. The fourth-order valence-corrected chi connectivity index (χ4v) is 2.53. The Hall–Kier alpha value is -2.48. The molecule has 1 amide bonds. The van der Waals surface area contributed by atoms with Gasteiger partial charge in [0.05, 0.1) is 11.5 Å². The largest absolute Gasteiger partial charge is 0.329 e. The predicted octanol–water partition coefficient (Wildman–Crippen LogP) is 1.50. The van der Waals surface area contributed by atoms with Gasteiger partial charge < -0.3 is 9.47 Å². The van der Waals surface area contributed by atoms with E-state index in [1.165, 1.54) is 23.1 Å². The smallest absolute Gasteiger partial charge is 0.300 e. The third-order valence-corrected chi connectivity index (χ3v) is 3.63. The molecule has 0 spiro atoms. The summed E-state index contributed by atoms with van der Waals surface area (Å²) >= 11 is 5.83. The first kappa shape index (κ1) is 13.5. The number of fused-ring (bicyclic) bond motifs is 1. The fourth-order valence-electron chi connectivity index (χ4n) is 2.28. The Morgan fingerprint density at radius 1 is 1.38 bits per heavy atom. The van der Waals surface area contributed by atoms with Crippen LogP contribution in [-0.2, 0) is 13.1 Å². The van der Waals surface area contributed by atoms with Gasteiger partial charge in [-0.15, -0.1) is 10.2 Å². The molecule has 21 heavy (non-hydrogen) atoms. The summed E-state index contributed by atoms with van der Waals surface area (Å²) in [5, 5.41) is 18.8. The Bertz CT molecular complexity index is 729. The van der Waals surface area contributed by atoms with Crippen LogP contribution in [0.25, 0.3) is 0 Å². The van der Waals surface area contributed by atoms with Crippen LogP contribution < -0.4 is 0 Å². The first-order valence-corrected chi connectivity index (χ1v) is 6.54. The Labute approximate surface area is 124 Å². The van der Waals surface area contributed by atoms with Gasteiger partial charge in [0.25, 0.3) is 5.91 Å². The molecule has 0 aliphatic carbocycles. The normalized spacial score (nSPS) is 13.9. The maximum absolute atomic E-state index is 12.5. The van der Waals surface area contributed by atoms with Crippen molar-refractivity contribution in [1.82, 2.24) is 19.7 Å². The molecule has 0 saturated carbocycles. The summed E-state index contributed by atoms with van der Waals surface area (Å²) in [6, 6.07) is 4.32. The number of hydrogen-bond donors (Lipinski definition) is 0. The zero-order valence-electron chi connectivity index (χ0n) is 10.8. The van der Waals surface area contributed by atoms with Crippen molar-refractivity contribution < 1.29 is 9.72 Å². The molecule has 1 aliphatic heterocycles. The number of para-hydroxylation sites is 1. The third-order valence-electron chi connectivity index (χ3n) is 3.33. The van der Waals surface area contributed by atoms with Crippen molar-refractivity contribution >= 4 is 23.2 Å². The lowest BCUT2D eigenvalue weighted by Gasteiger charge is -2.27. The monoisotopic (exact) mass is 307 g/mol. The quantitative estimate of drug-likeness (QED) is 0.619. The van der Waals surface area contributed by atoms with Crippen LogP contribution in [0.2, 0.25) is 5.02 Å². The number of hydrogen-bond acceptors (Lipinski definition) is 5. The van der Waals surface area contributed by atoms with Crippen LogP contribution in [0.5, 0.6) is 0 Å². The Balaban J connectivity index is 1.94. The Kier molecular flexibility index (Phi) is 3.30. The van der Waals surface area contributed by atoms with Crippen LogP contribution >= 0.6 is 11.6 Å². The number of amides is 1. The molecule has 0 saturated heterocycles. The van der Waals surface area contributed by atoms with Gasteiger partial charge in [-0.3, -0.25) is 14.9 Å². The molecule has 1 aromatic carbocycles. The van der Waals surface area contributed by atoms with Crippen molar-refractivity contribution in [2.45, 2.75) is 13.1 Å². The summed E-state index contributed by atoms with van der Waals surface area (Å²) < 4.78 is 1.84. The Morgan fingerprint density at radius 2 is 2.19 bits per heavy atom. The molecule has 0 atom stereocenters. The number of benzene rings is 1. The number of rotatable bonds is 2. The number of nitro groups is 1. The van der Waals surface area contributed by atoms with Gasteiger partial charge in [0.2, 0.25) is 0 Å². The van der Waals surface area contributed by atoms with Gasteiger partial charge in [-0.2, -0.15) is 0 Å². The second-order valence-electron chi connectivity index (χ2n) is 4.56. The number of nitro benzene ring substituents is 1. The molecule has 1 aliphatic rings. The first-order valence-electron chi connectivity index (χ1n) is 6.17. The molecular formula is C12H10ClN5O3. The highest BCUT2D eigenvalue weighted by Crippen LogP contribution is 2.29. The highest BCUT2D eigenvalue weighted by Gasteiger charge is 2.29. The molecule has 0 radical (unpaired) electrons. The minimum absolute atomic E-state index is 0.0135. The van der Waals surface area contributed by atoms with Crippen molar-refractivity contribution in [3.63, 3.8) is 0 Å². The van der Waals surface area contributed by atoms with Gasteiger partial charge in [0.1, 0.15) is 16.9 Å². The molecule has 108 valence electrons. The van der Waals surface area contributed by atoms with E-state index in [4.69, 9.17) is 11.6 Å². The van der Waals surface area contributed by atoms with E-state index >= 15 is 0 Å². The van der Waals surface area contributed by atoms with E-state index in [9.17, 15) is 14.9 Å². The van der Waals surface area contributed by atoms with E-state index in [0.29, 0.717) is 18.9 Å².